The zero-order valence-electron chi connectivity index (χ0n) is 14.7. The highest BCUT2D eigenvalue weighted by Crippen LogP contribution is 2.32. The predicted octanol–water partition coefficient (Wildman–Crippen LogP) is 3.34. The lowest BCUT2D eigenvalue weighted by molar-refractivity contribution is 0.0291. The molecule has 2 aliphatic heterocycles. The van der Waals surface area contributed by atoms with E-state index in [0.29, 0.717) is 18.1 Å². The van der Waals surface area contributed by atoms with Gasteiger partial charge in [0.15, 0.2) is 0 Å². The average Bonchev–Trinajstić information content (AvgIpc) is 3.36. The number of likely N-dealkylation sites (tertiary alicyclic amines) is 1. The minimum Gasteiger partial charge on any atom is -0.378 e. The molecule has 0 spiro atoms. The molecular weight excluding hydrogens is 302 g/mol. The van der Waals surface area contributed by atoms with E-state index < -0.39 is 0 Å². The van der Waals surface area contributed by atoms with Gasteiger partial charge in [0.2, 0.25) is 0 Å². The largest absolute Gasteiger partial charge is 0.378 e. The van der Waals surface area contributed by atoms with Crippen molar-refractivity contribution in [2.75, 3.05) is 19.7 Å². The number of hydrogen-bond acceptors (Lipinski definition) is 3. The fourth-order valence-electron chi connectivity index (χ4n) is 4.77. The Hall–Kier alpha value is -1.36. The molecule has 1 aromatic heterocycles. The van der Waals surface area contributed by atoms with E-state index in [-0.39, 0.29) is 5.91 Å². The van der Waals surface area contributed by atoms with Gasteiger partial charge in [-0.25, -0.2) is 0 Å². The van der Waals surface area contributed by atoms with Crippen molar-refractivity contribution in [3.05, 3.63) is 17.5 Å². The van der Waals surface area contributed by atoms with E-state index in [1.54, 1.807) is 6.20 Å². The zero-order valence-corrected chi connectivity index (χ0v) is 14.7. The van der Waals surface area contributed by atoms with Gasteiger partial charge in [-0.1, -0.05) is 12.8 Å². The van der Waals surface area contributed by atoms with Crippen LogP contribution in [0.4, 0.5) is 0 Å². The molecule has 0 aromatic carbocycles. The van der Waals surface area contributed by atoms with Crippen LogP contribution in [0.2, 0.25) is 0 Å². The molecule has 0 radical (unpaired) electrons. The molecule has 1 unspecified atom stereocenters. The normalized spacial score (nSPS) is 26.4. The number of nitrogens with zero attached hydrogens (tertiary/aromatic N) is 3. The van der Waals surface area contributed by atoms with Crippen LogP contribution in [0, 0.1) is 12.8 Å². The third-order valence-corrected chi connectivity index (χ3v) is 6.26. The molecule has 4 rings (SSSR count). The quantitative estimate of drug-likeness (QED) is 0.853. The smallest absolute Gasteiger partial charge is 0.257 e. The van der Waals surface area contributed by atoms with Crippen molar-refractivity contribution in [1.82, 2.24) is 14.7 Å². The monoisotopic (exact) mass is 331 g/mol. The van der Waals surface area contributed by atoms with E-state index in [9.17, 15) is 4.79 Å². The Morgan fingerprint density at radius 1 is 1.12 bits per heavy atom. The molecule has 3 fully saturated rings. The first kappa shape index (κ1) is 16.1. The summed E-state index contributed by atoms with van der Waals surface area (Å²) < 4.78 is 7.93. The Bertz CT molecular complexity index is 577. The fourth-order valence-corrected chi connectivity index (χ4v) is 4.77. The van der Waals surface area contributed by atoms with Crippen molar-refractivity contribution < 1.29 is 9.53 Å². The molecular formula is C19H29N3O2. The number of amides is 1. The molecule has 1 atom stereocenters. The lowest BCUT2D eigenvalue weighted by atomic mass is 9.89. The summed E-state index contributed by atoms with van der Waals surface area (Å²) in [4.78, 5) is 14.9. The van der Waals surface area contributed by atoms with Gasteiger partial charge in [0.05, 0.1) is 23.9 Å². The maximum absolute atomic E-state index is 12.9. The summed E-state index contributed by atoms with van der Waals surface area (Å²) in [5, 5.41) is 4.54. The lowest BCUT2D eigenvalue weighted by Gasteiger charge is -2.34. The van der Waals surface area contributed by atoms with Gasteiger partial charge < -0.3 is 9.64 Å². The van der Waals surface area contributed by atoms with Gasteiger partial charge in [-0.2, -0.15) is 5.10 Å². The first-order valence-electron chi connectivity index (χ1n) is 9.69. The second-order valence-corrected chi connectivity index (χ2v) is 7.71. The number of piperidine rings is 1. The molecule has 24 heavy (non-hydrogen) atoms. The molecule has 132 valence electrons. The molecule has 5 heteroatoms. The number of carbonyl (C=O) groups is 1. The predicted molar refractivity (Wildman–Crippen MR) is 92.1 cm³/mol. The molecule has 0 N–H and O–H groups in total. The van der Waals surface area contributed by atoms with Crippen molar-refractivity contribution >= 4 is 5.91 Å². The van der Waals surface area contributed by atoms with Crippen LogP contribution in [0.3, 0.4) is 0 Å². The summed E-state index contributed by atoms with van der Waals surface area (Å²) in [6.45, 7) is 4.69. The van der Waals surface area contributed by atoms with Gasteiger partial charge in [0.25, 0.3) is 5.91 Å². The minimum atomic E-state index is 0.169. The van der Waals surface area contributed by atoms with Gasteiger partial charge >= 0.3 is 0 Å². The Kier molecular flexibility index (Phi) is 4.61. The first-order valence-corrected chi connectivity index (χ1v) is 9.69. The van der Waals surface area contributed by atoms with E-state index in [1.807, 2.05) is 4.90 Å². The van der Waals surface area contributed by atoms with Crippen LogP contribution in [-0.4, -0.2) is 46.4 Å². The van der Waals surface area contributed by atoms with Crippen LogP contribution in [-0.2, 0) is 4.74 Å². The first-order chi connectivity index (χ1) is 11.7. The summed E-state index contributed by atoms with van der Waals surface area (Å²) in [6.07, 6.45) is 11.7. The van der Waals surface area contributed by atoms with Gasteiger partial charge in [-0.15, -0.1) is 0 Å². The average molecular weight is 331 g/mol. The van der Waals surface area contributed by atoms with E-state index in [0.717, 1.165) is 43.8 Å². The fraction of sp³-hybridized carbons (Fsp3) is 0.789. The second kappa shape index (κ2) is 6.87. The Balaban J connectivity index is 1.39. The number of hydrogen-bond donors (Lipinski definition) is 0. The van der Waals surface area contributed by atoms with Crippen LogP contribution >= 0.6 is 0 Å². The molecule has 3 heterocycles. The van der Waals surface area contributed by atoms with Crippen molar-refractivity contribution in [1.29, 1.82) is 0 Å². The number of ether oxygens (including phenoxy) is 1. The van der Waals surface area contributed by atoms with Gasteiger partial charge in [-0.3, -0.25) is 9.48 Å². The summed E-state index contributed by atoms with van der Waals surface area (Å²) >= 11 is 0. The Morgan fingerprint density at radius 2 is 1.88 bits per heavy atom. The van der Waals surface area contributed by atoms with E-state index in [4.69, 9.17) is 4.74 Å². The Morgan fingerprint density at radius 3 is 2.54 bits per heavy atom. The van der Waals surface area contributed by atoms with Crippen LogP contribution < -0.4 is 0 Å². The van der Waals surface area contributed by atoms with Crippen molar-refractivity contribution in [3.8, 4) is 0 Å². The van der Waals surface area contributed by atoms with Crippen LogP contribution in [0.5, 0.6) is 0 Å². The van der Waals surface area contributed by atoms with Crippen LogP contribution in [0.1, 0.15) is 73.5 Å². The summed E-state index contributed by atoms with van der Waals surface area (Å²) in [6, 6.07) is 0.497. The van der Waals surface area contributed by atoms with E-state index >= 15 is 0 Å². The molecule has 3 aliphatic rings. The molecule has 1 aliphatic carbocycles. The molecule has 2 saturated heterocycles. The van der Waals surface area contributed by atoms with E-state index in [1.165, 1.54) is 38.5 Å². The maximum Gasteiger partial charge on any atom is 0.257 e. The molecule has 5 nitrogen and oxygen atoms in total. The molecule has 1 aromatic rings. The summed E-state index contributed by atoms with van der Waals surface area (Å²) in [5.41, 5.74) is 1.85. The summed E-state index contributed by atoms with van der Waals surface area (Å²) in [5.74, 6) is 0.807. The Labute approximate surface area is 144 Å². The third-order valence-electron chi connectivity index (χ3n) is 6.26. The van der Waals surface area contributed by atoms with Crippen molar-refractivity contribution in [3.63, 3.8) is 0 Å². The molecule has 1 amide bonds. The SMILES string of the molecule is Cc1c(C(=O)N2CCC(C3CCCO3)CC2)cnn1C1CCCC1. The van der Waals surface area contributed by atoms with Crippen LogP contribution in [0.25, 0.3) is 0 Å². The second-order valence-electron chi connectivity index (χ2n) is 7.71. The zero-order chi connectivity index (χ0) is 16.5. The topological polar surface area (TPSA) is 47.4 Å². The van der Waals surface area contributed by atoms with Gasteiger partial charge in [-0.05, 0) is 51.4 Å². The molecule has 1 saturated carbocycles. The third kappa shape index (κ3) is 2.99. The number of carbonyl (C=O) groups excluding carboxylic acids is 1. The maximum atomic E-state index is 12.9. The highest BCUT2D eigenvalue weighted by Gasteiger charge is 2.32. The van der Waals surface area contributed by atoms with Crippen molar-refractivity contribution in [2.45, 2.75) is 70.4 Å². The molecule has 0 bridgehead atoms. The lowest BCUT2D eigenvalue weighted by Crippen LogP contribution is -2.41. The minimum absolute atomic E-state index is 0.169. The highest BCUT2D eigenvalue weighted by molar-refractivity contribution is 5.95. The van der Waals surface area contributed by atoms with Crippen LogP contribution in [0.15, 0.2) is 6.20 Å². The highest BCUT2D eigenvalue weighted by atomic mass is 16.5. The number of aromatic nitrogens is 2. The van der Waals surface area contributed by atoms with E-state index in [2.05, 4.69) is 16.7 Å². The summed E-state index contributed by atoms with van der Waals surface area (Å²) in [7, 11) is 0. The van der Waals surface area contributed by atoms with Gasteiger partial charge in [0.1, 0.15) is 0 Å². The standard InChI is InChI=1S/C19H29N3O2/c1-14-17(13-20-22(14)16-5-2-3-6-16)19(23)21-10-8-15(9-11-21)18-7-4-12-24-18/h13,15-16,18H,2-12H2,1H3. The van der Waals surface area contributed by atoms with Crippen molar-refractivity contribution in [2.24, 2.45) is 5.92 Å². The van der Waals surface area contributed by atoms with Gasteiger partial charge in [0, 0.05) is 25.4 Å². The number of rotatable bonds is 3.